The fourth-order valence-electron chi connectivity index (χ4n) is 2.51. The summed E-state index contributed by atoms with van der Waals surface area (Å²) in [5.74, 6) is 0.955. The number of hydrogen-bond donors (Lipinski definition) is 1. The second-order valence-corrected chi connectivity index (χ2v) is 5.28. The van der Waals surface area contributed by atoms with Crippen molar-refractivity contribution in [3.05, 3.63) is 91.5 Å². The van der Waals surface area contributed by atoms with E-state index < -0.39 is 0 Å². The summed E-state index contributed by atoms with van der Waals surface area (Å²) in [4.78, 5) is 4.67. The van der Waals surface area contributed by atoms with Gasteiger partial charge >= 0.3 is 21.1 Å². The molecule has 0 aliphatic rings. The molecule has 0 aliphatic heterocycles. The van der Waals surface area contributed by atoms with E-state index in [4.69, 9.17) is 0 Å². The van der Waals surface area contributed by atoms with Crippen LogP contribution < -0.4 is 4.57 Å². The maximum absolute atomic E-state index is 9.97. The summed E-state index contributed by atoms with van der Waals surface area (Å²) in [6.07, 6.45) is 6.85. The van der Waals surface area contributed by atoms with E-state index in [0.29, 0.717) is 5.69 Å². The van der Waals surface area contributed by atoms with Crippen molar-refractivity contribution in [3.8, 4) is 28.5 Å². The van der Waals surface area contributed by atoms with Gasteiger partial charge in [-0.1, -0.05) is 30.3 Å². The third-order valence-corrected chi connectivity index (χ3v) is 3.69. The van der Waals surface area contributed by atoms with E-state index >= 15 is 0 Å². The first-order chi connectivity index (χ1) is 11.8. The minimum absolute atomic E-state index is 0. The van der Waals surface area contributed by atoms with Crippen LogP contribution in [0.2, 0.25) is 0 Å². The van der Waals surface area contributed by atoms with Crippen molar-refractivity contribution in [2.24, 2.45) is 0 Å². The summed E-state index contributed by atoms with van der Waals surface area (Å²) in [5.41, 5.74) is 2.47. The largest absolute Gasteiger partial charge is 2.00 e. The first-order valence-corrected chi connectivity index (χ1v) is 7.56. The molecule has 2 aromatic heterocycles. The zero-order chi connectivity index (χ0) is 16.4. The van der Waals surface area contributed by atoms with Gasteiger partial charge in [-0.15, -0.1) is 35.9 Å². The second kappa shape index (κ2) is 7.45. The Bertz CT molecular complexity index is 983. The van der Waals surface area contributed by atoms with Crippen LogP contribution in [0.5, 0.6) is 5.75 Å². The number of benzene rings is 2. The van der Waals surface area contributed by atoms with Gasteiger partial charge in [0.15, 0.2) is 12.1 Å². The molecule has 0 saturated carbocycles. The molecule has 4 rings (SSSR count). The molecular formula is C20H14N3OPt+. The smallest absolute Gasteiger partial charge is 0.512 e. The number of aromatic nitrogens is 3. The van der Waals surface area contributed by atoms with Gasteiger partial charge in [-0.05, 0) is 12.1 Å². The molecule has 0 aliphatic carbocycles. The summed E-state index contributed by atoms with van der Waals surface area (Å²) in [6.45, 7) is 0. The van der Waals surface area contributed by atoms with Gasteiger partial charge in [0.2, 0.25) is 0 Å². The average Bonchev–Trinajstić information content (AvgIpc) is 3.13. The minimum atomic E-state index is 0. The third kappa shape index (κ3) is 3.54. The van der Waals surface area contributed by atoms with Gasteiger partial charge in [0.05, 0.1) is 11.4 Å². The first-order valence-electron chi connectivity index (χ1n) is 7.56. The molecule has 0 amide bonds. The van der Waals surface area contributed by atoms with Gasteiger partial charge in [-0.2, -0.15) is 4.98 Å². The molecule has 0 unspecified atom stereocenters. The van der Waals surface area contributed by atoms with Crippen molar-refractivity contribution in [3.63, 3.8) is 0 Å². The summed E-state index contributed by atoms with van der Waals surface area (Å²) in [5, 5.41) is 9.97. The Balaban J connectivity index is 0.00000182. The molecule has 0 saturated heterocycles. The Morgan fingerprint density at radius 1 is 0.960 bits per heavy atom. The standard InChI is InChI=1S/C20H14N3O.Pt/c24-19-11-5-4-10-18(19)22-13-14-23(15-22)20-12-6-9-17(21-20)16-7-2-1-3-8-16;/h1-7,9-14,24H;/q-1;+2. The maximum Gasteiger partial charge on any atom is 2.00 e. The molecule has 25 heavy (non-hydrogen) atoms. The summed E-state index contributed by atoms with van der Waals surface area (Å²) < 4.78 is 3.53. The summed E-state index contributed by atoms with van der Waals surface area (Å²) >= 11 is 0. The Labute approximate surface area is 160 Å². The topological polar surface area (TPSA) is 41.9 Å². The molecule has 4 aromatic rings. The Kier molecular flexibility index (Phi) is 5.10. The molecule has 2 aromatic carbocycles. The second-order valence-electron chi connectivity index (χ2n) is 5.28. The van der Waals surface area contributed by atoms with E-state index in [2.05, 4.69) is 17.4 Å². The molecule has 0 atom stereocenters. The van der Waals surface area contributed by atoms with Gasteiger partial charge < -0.3 is 14.2 Å². The SMILES string of the molecule is Oc1ccccc1-n1[c-][n+](-c2cccc(-c3[c-]cccc3)n2)cc1.[Pt+2]. The van der Waals surface area contributed by atoms with Gasteiger partial charge in [-0.3, -0.25) is 0 Å². The van der Waals surface area contributed by atoms with Crippen molar-refractivity contribution >= 4 is 0 Å². The van der Waals surface area contributed by atoms with Crippen LogP contribution in [-0.4, -0.2) is 14.7 Å². The van der Waals surface area contributed by atoms with Gasteiger partial charge in [0.25, 0.3) is 0 Å². The van der Waals surface area contributed by atoms with Crippen molar-refractivity contribution in [1.82, 2.24) is 9.55 Å². The molecule has 0 bridgehead atoms. The van der Waals surface area contributed by atoms with Crippen LogP contribution in [-0.2, 0) is 21.1 Å². The quantitative estimate of drug-likeness (QED) is 0.342. The summed E-state index contributed by atoms with van der Waals surface area (Å²) in [7, 11) is 0. The van der Waals surface area contributed by atoms with Crippen molar-refractivity contribution in [1.29, 1.82) is 0 Å². The number of pyridine rings is 1. The molecule has 5 heteroatoms. The van der Waals surface area contributed by atoms with E-state index in [1.807, 2.05) is 67.0 Å². The predicted octanol–water partition coefficient (Wildman–Crippen LogP) is 3.12. The van der Waals surface area contributed by atoms with E-state index in [1.165, 1.54) is 0 Å². The van der Waals surface area contributed by atoms with E-state index in [9.17, 15) is 5.11 Å². The number of phenols is 1. The number of aromatic hydroxyl groups is 1. The Hall–Kier alpha value is -2.71. The van der Waals surface area contributed by atoms with Crippen LogP contribution in [0.1, 0.15) is 0 Å². The number of phenolic OH excluding ortho intramolecular Hbond substituents is 1. The molecule has 0 radical (unpaired) electrons. The van der Waals surface area contributed by atoms with Crippen LogP contribution in [0.15, 0.2) is 79.1 Å². The van der Waals surface area contributed by atoms with Crippen LogP contribution in [0.3, 0.4) is 0 Å². The summed E-state index contributed by atoms with van der Waals surface area (Å²) in [6, 6.07) is 23.9. The maximum atomic E-state index is 9.97. The minimum Gasteiger partial charge on any atom is -0.512 e. The number of hydrogen-bond acceptors (Lipinski definition) is 2. The number of imidazole rings is 1. The van der Waals surface area contributed by atoms with Crippen LogP contribution in [0.4, 0.5) is 0 Å². The number of para-hydroxylation sites is 2. The normalized spacial score (nSPS) is 10.2. The van der Waals surface area contributed by atoms with Crippen LogP contribution >= 0.6 is 0 Å². The molecule has 0 spiro atoms. The van der Waals surface area contributed by atoms with E-state index in [-0.39, 0.29) is 26.8 Å². The predicted molar refractivity (Wildman–Crippen MR) is 89.9 cm³/mol. The van der Waals surface area contributed by atoms with Crippen LogP contribution in [0.25, 0.3) is 22.8 Å². The van der Waals surface area contributed by atoms with Crippen molar-refractivity contribution in [2.75, 3.05) is 0 Å². The molecular weight excluding hydrogens is 493 g/mol. The molecule has 2 heterocycles. The van der Waals surface area contributed by atoms with Gasteiger partial charge in [0.1, 0.15) is 5.75 Å². The van der Waals surface area contributed by atoms with Crippen LogP contribution in [0, 0.1) is 12.4 Å². The van der Waals surface area contributed by atoms with Crippen molar-refractivity contribution in [2.45, 2.75) is 0 Å². The monoisotopic (exact) mass is 507 g/mol. The Morgan fingerprint density at radius 2 is 1.80 bits per heavy atom. The third-order valence-electron chi connectivity index (χ3n) is 3.69. The van der Waals surface area contributed by atoms with Crippen molar-refractivity contribution < 1.29 is 30.7 Å². The zero-order valence-electron chi connectivity index (χ0n) is 13.1. The van der Waals surface area contributed by atoms with Gasteiger partial charge in [-0.25, -0.2) is 0 Å². The van der Waals surface area contributed by atoms with E-state index in [0.717, 1.165) is 17.1 Å². The number of nitrogens with zero attached hydrogens (tertiary/aromatic N) is 3. The molecule has 1 N–H and O–H groups in total. The molecule has 124 valence electrons. The number of rotatable bonds is 3. The Morgan fingerprint density at radius 3 is 2.60 bits per heavy atom. The molecule has 0 fully saturated rings. The molecule has 4 nitrogen and oxygen atoms in total. The van der Waals surface area contributed by atoms with Gasteiger partial charge in [0, 0.05) is 12.4 Å². The van der Waals surface area contributed by atoms with E-state index in [1.54, 1.807) is 21.3 Å². The average molecular weight is 507 g/mol. The fraction of sp³-hybridized carbons (Fsp3) is 0. The first kappa shape index (κ1) is 17.1. The fourth-order valence-corrected chi connectivity index (χ4v) is 2.51. The zero-order valence-corrected chi connectivity index (χ0v) is 15.4.